The molecule has 8 nitrogen and oxygen atoms in total. The number of benzene rings is 3. The van der Waals surface area contributed by atoms with Gasteiger partial charge in [-0.15, -0.1) is 0 Å². The Morgan fingerprint density at radius 3 is 2.15 bits per heavy atom. The average Bonchev–Trinajstić information content (AvgIpc) is 2.85. The Morgan fingerprint density at radius 1 is 0.818 bits per heavy atom. The molecule has 0 aliphatic heterocycles. The van der Waals surface area contributed by atoms with Crippen LogP contribution in [0.2, 0.25) is 0 Å². The van der Waals surface area contributed by atoms with E-state index in [9.17, 15) is 18.0 Å². The van der Waals surface area contributed by atoms with Crippen molar-refractivity contribution in [3.05, 3.63) is 95.6 Å². The molecule has 0 saturated carbocycles. The molecule has 33 heavy (non-hydrogen) atoms. The van der Waals surface area contributed by atoms with Gasteiger partial charge in [-0.05, 0) is 54.4 Å². The highest BCUT2D eigenvalue weighted by atomic mass is 32.2. The summed E-state index contributed by atoms with van der Waals surface area (Å²) in [6, 6.07) is 21.1. The summed E-state index contributed by atoms with van der Waals surface area (Å²) in [5, 5.41) is 0. The first-order chi connectivity index (χ1) is 15.9. The number of rotatable bonds is 9. The van der Waals surface area contributed by atoms with Crippen LogP contribution in [0.1, 0.15) is 39.6 Å². The number of ether oxygens (including phenoxy) is 1. The molecule has 3 aromatic rings. The summed E-state index contributed by atoms with van der Waals surface area (Å²) in [6.07, 6.45) is 0.875. The van der Waals surface area contributed by atoms with Crippen LogP contribution < -0.4 is 20.3 Å². The number of carbonyl (C=O) groups is 2. The van der Waals surface area contributed by atoms with E-state index in [1.54, 1.807) is 36.4 Å². The normalized spacial score (nSPS) is 10.9. The third-order valence-corrected chi connectivity index (χ3v) is 5.99. The van der Waals surface area contributed by atoms with Gasteiger partial charge in [0.2, 0.25) is 10.0 Å². The highest BCUT2D eigenvalue weighted by Gasteiger charge is 2.17. The summed E-state index contributed by atoms with van der Waals surface area (Å²) < 4.78 is 33.2. The number of carbonyl (C=O) groups excluding carboxylic acids is 2. The fraction of sp³-hybridized carbons (Fsp3) is 0.167. The smallest absolute Gasteiger partial charge is 0.269 e. The highest BCUT2D eigenvalue weighted by Crippen LogP contribution is 2.14. The summed E-state index contributed by atoms with van der Waals surface area (Å²) in [4.78, 5) is 24.7. The van der Waals surface area contributed by atoms with Gasteiger partial charge < -0.3 is 4.74 Å². The summed E-state index contributed by atoms with van der Waals surface area (Å²) in [6.45, 7) is 2.70. The lowest BCUT2D eigenvalue weighted by Crippen LogP contribution is -2.41. The van der Waals surface area contributed by atoms with Gasteiger partial charge in [0.15, 0.2) is 0 Å². The van der Waals surface area contributed by atoms with Gasteiger partial charge in [0.25, 0.3) is 11.8 Å². The molecule has 9 heteroatoms. The van der Waals surface area contributed by atoms with Crippen LogP contribution >= 0.6 is 0 Å². The van der Waals surface area contributed by atoms with Crippen LogP contribution in [0.15, 0.2) is 83.8 Å². The van der Waals surface area contributed by atoms with Crippen LogP contribution in [-0.4, -0.2) is 26.8 Å². The predicted octanol–water partition coefficient (Wildman–Crippen LogP) is 3.03. The molecule has 0 aliphatic carbocycles. The van der Waals surface area contributed by atoms with Gasteiger partial charge in [0, 0.05) is 17.7 Å². The van der Waals surface area contributed by atoms with Crippen molar-refractivity contribution in [2.45, 2.75) is 24.8 Å². The van der Waals surface area contributed by atoms with Crippen molar-refractivity contribution in [3.63, 3.8) is 0 Å². The zero-order valence-electron chi connectivity index (χ0n) is 18.1. The zero-order chi connectivity index (χ0) is 23.7. The van der Waals surface area contributed by atoms with E-state index in [1.165, 1.54) is 24.3 Å². The van der Waals surface area contributed by atoms with Crippen LogP contribution in [-0.2, 0) is 16.6 Å². The second-order valence-electron chi connectivity index (χ2n) is 7.12. The number of hydrogen-bond donors (Lipinski definition) is 3. The van der Waals surface area contributed by atoms with Crippen molar-refractivity contribution >= 4 is 21.8 Å². The molecule has 0 heterocycles. The molecule has 3 rings (SSSR count). The maximum Gasteiger partial charge on any atom is 0.269 e. The molecule has 0 atom stereocenters. The Labute approximate surface area is 193 Å². The molecule has 3 aromatic carbocycles. The van der Waals surface area contributed by atoms with Crippen LogP contribution in [0.5, 0.6) is 5.75 Å². The standard InChI is InChI=1S/C24H25N3O5S/c1-2-15-32-21-13-11-19(12-14-21)23(28)26-27-24(29)20-9-6-10-22(16-20)33(30,31)25-17-18-7-4-3-5-8-18/h3-14,16,25H,2,15,17H2,1H3,(H,26,28)(H,27,29). The Hall–Kier alpha value is -3.69. The van der Waals surface area contributed by atoms with Gasteiger partial charge in [0.05, 0.1) is 11.5 Å². The van der Waals surface area contributed by atoms with Gasteiger partial charge in [-0.1, -0.05) is 43.3 Å². The van der Waals surface area contributed by atoms with Gasteiger partial charge in [0.1, 0.15) is 5.75 Å². The Morgan fingerprint density at radius 2 is 1.48 bits per heavy atom. The van der Waals surface area contributed by atoms with E-state index in [4.69, 9.17) is 4.74 Å². The second kappa shape index (κ2) is 11.3. The molecular weight excluding hydrogens is 442 g/mol. The van der Waals surface area contributed by atoms with Gasteiger partial charge in [-0.25, -0.2) is 13.1 Å². The minimum atomic E-state index is -3.83. The first-order valence-electron chi connectivity index (χ1n) is 10.4. The average molecular weight is 468 g/mol. The molecule has 0 aromatic heterocycles. The monoisotopic (exact) mass is 467 g/mol. The van der Waals surface area contributed by atoms with E-state index in [0.29, 0.717) is 17.9 Å². The lowest BCUT2D eigenvalue weighted by atomic mass is 10.2. The number of hydrogen-bond acceptors (Lipinski definition) is 5. The number of amides is 2. The maximum atomic E-state index is 12.6. The van der Waals surface area contributed by atoms with E-state index in [2.05, 4.69) is 15.6 Å². The molecule has 0 fully saturated rings. The van der Waals surface area contributed by atoms with Crippen LogP contribution in [0.3, 0.4) is 0 Å². The topological polar surface area (TPSA) is 114 Å². The van der Waals surface area contributed by atoms with Crippen molar-refractivity contribution in [3.8, 4) is 5.75 Å². The summed E-state index contributed by atoms with van der Waals surface area (Å²) >= 11 is 0. The Bertz CT molecular complexity index is 1200. The molecule has 0 unspecified atom stereocenters. The largest absolute Gasteiger partial charge is 0.494 e. The maximum absolute atomic E-state index is 12.6. The third-order valence-electron chi connectivity index (χ3n) is 4.59. The minimum absolute atomic E-state index is 0.0555. The van der Waals surface area contributed by atoms with Crippen molar-refractivity contribution in [1.82, 2.24) is 15.6 Å². The van der Waals surface area contributed by atoms with Crippen LogP contribution in [0.25, 0.3) is 0 Å². The van der Waals surface area contributed by atoms with E-state index < -0.39 is 21.8 Å². The van der Waals surface area contributed by atoms with Crippen LogP contribution in [0, 0.1) is 0 Å². The molecular formula is C24H25N3O5S. The fourth-order valence-electron chi connectivity index (χ4n) is 2.84. The van der Waals surface area contributed by atoms with Gasteiger partial charge in [-0.3, -0.25) is 20.4 Å². The molecule has 0 aliphatic rings. The van der Waals surface area contributed by atoms with Crippen LogP contribution in [0.4, 0.5) is 0 Å². The lowest BCUT2D eigenvalue weighted by Gasteiger charge is -2.10. The van der Waals surface area contributed by atoms with Crippen molar-refractivity contribution in [2.24, 2.45) is 0 Å². The SMILES string of the molecule is CCCOc1ccc(C(=O)NNC(=O)c2cccc(S(=O)(=O)NCc3ccccc3)c2)cc1. The molecule has 0 saturated heterocycles. The van der Waals surface area contributed by atoms with Crippen molar-refractivity contribution in [1.29, 1.82) is 0 Å². The van der Waals surface area contributed by atoms with Crippen molar-refractivity contribution < 1.29 is 22.7 Å². The predicted molar refractivity (Wildman–Crippen MR) is 124 cm³/mol. The second-order valence-corrected chi connectivity index (χ2v) is 8.89. The van der Waals surface area contributed by atoms with Crippen molar-refractivity contribution in [2.75, 3.05) is 6.61 Å². The highest BCUT2D eigenvalue weighted by molar-refractivity contribution is 7.89. The number of sulfonamides is 1. The summed E-state index contributed by atoms with van der Waals surface area (Å²) in [5.41, 5.74) is 5.84. The minimum Gasteiger partial charge on any atom is -0.494 e. The van der Waals surface area contributed by atoms with E-state index in [-0.39, 0.29) is 17.0 Å². The number of nitrogens with one attached hydrogen (secondary N) is 3. The van der Waals surface area contributed by atoms with Gasteiger partial charge >= 0.3 is 0 Å². The molecule has 0 radical (unpaired) electrons. The first kappa shape index (κ1) is 24.0. The molecule has 2 amide bonds. The summed E-state index contributed by atoms with van der Waals surface area (Å²) in [5.74, 6) is -0.513. The third kappa shape index (κ3) is 6.90. The summed E-state index contributed by atoms with van der Waals surface area (Å²) in [7, 11) is -3.83. The molecule has 0 bridgehead atoms. The quantitative estimate of drug-likeness (QED) is 0.419. The number of hydrazine groups is 1. The molecule has 3 N–H and O–H groups in total. The fourth-order valence-corrected chi connectivity index (χ4v) is 3.91. The van der Waals surface area contributed by atoms with Gasteiger partial charge in [-0.2, -0.15) is 0 Å². The Balaban J connectivity index is 1.59. The zero-order valence-corrected chi connectivity index (χ0v) is 18.9. The van der Waals surface area contributed by atoms with E-state index in [0.717, 1.165) is 12.0 Å². The van der Waals surface area contributed by atoms with E-state index in [1.807, 2.05) is 25.1 Å². The molecule has 172 valence electrons. The lowest BCUT2D eigenvalue weighted by molar-refractivity contribution is 0.0846. The van der Waals surface area contributed by atoms with E-state index >= 15 is 0 Å². The first-order valence-corrected chi connectivity index (χ1v) is 11.8. The molecule has 0 spiro atoms. The Kier molecular flexibility index (Phi) is 8.17.